The Hall–Kier alpha value is -0.840. The van der Waals surface area contributed by atoms with Crippen LogP contribution in [0.1, 0.15) is 25.5 Å². The van der Waals surface area contributed by atoms with Gasteiger partial charge in [0.2, 0.25) is 5.91 Å². The number of nitrogens with zero attached hydrogens (tertiary/aromatic N) is 1. The molecular weight excluding hydrogens is 246 g/mol. The van der Waals surface area contributed by atoms with Gasteiger partial charge in [0.1, 0.15) is 0 Å². The van der Waals surface area contributed by atoms with Crippen LogP contribution in [-0.2, 0) is 11.2 Å². The SMILES string of the molecule is CCCc1cc(NC(=O)CCBr)n[nH]1. The Morgan fingerprint density at radius 2 is 2.50 bits per heavy atom. The van der Waals surface area contributed by atoms with E-state index in [1.54, 1.807) is 0 Å². The highest BCUT2D eigenvalue weighted by Crippen LogP contribution is 2.07. The third-order valence-electron chi connectivity index (χ3n) is 1.74. The van der Waals surface area contributed by atoms with Gasteiger partial charge < -0.3 is 5.32 Å². The first-order chi connectivity index (χ1) is 6.76. The van der Waals surface area contributed by atoms with Gasteiger partial charge in [0.25, 0.3) is 0 Å². The Morgan fingerprint density at radius 3 is 3.14 bits per heavy atom. The Kier molecular flexibility index (Phi) is 4.65. The van der Waals surface area contributed by atoms with Gasteiger partial charge in [-0.2, -0.15) is 5.10 Å². The number of carbonyl (C=O) groups excluding carboxylic acids is 1. The van der Waals surface area contributed by atoms with Gasteiger partial charge in [-0.3, -0.25) is 9.89 Å². The molecular formula is C9H14BrN3O. The minimum Gasteiger partial charge on any atom is -0.309 e. The van der Waals surface area contributed by atoms with Crippen molar-refractivity contribution in [3.8, 4) is 0 Å². The van der Waals surface area contributed by atoms with Crippen molar-refractivity contribution in [3.05, 3.63) is 11.8 Å². The molecule has 0 spiro atoms. The van der Waals surface area contributed by atoms with E-state index in [-0.39, 0.29) is 5.91 Å². The first kappa shape index (κ1) is 11.2. The average Bonchev–Trinajstić information content (AvgIpc) is 2.53. The van der Waals surface area contributed by atoms with Crippen LogP contribution in [0.15, 0.2) is 6.07 Å². The van der Waals surface area contributed by atoms with Crippen LogP contribution >= 0.6 is 15.9 Å². The highest BCUT2D eigenvalue weighted by molar-refractivity contribution is 9.09. The van der Waals surface area contributed by atoms with Crippen LogP contribution in [0.4, 0.5) is 5.82 Å². The third kappa shape index (κ3) is 3.49. The van der Waals surface area contributed by atoms with Gasteiger partial charge in [-0.15, -0.1) is 0 Å². The van der Waals surface area contributed by atoms with Crippen molar-refractivity contribution in [2.24, 2.45) is 0 Å². The third-order valence-corrected chi connectivity index (χ3v) is 2.14. The van der Waals surface area contributed by atoms with Gasteiger partial charge >= 0.3 is 0 Å². The van der Waals surface area contributed by atoms with E-state index in [1.807, 2.05) is 6.07 Å². The minimum atomic E-state index is -0.0172. The molecule has 0 bridgehead atoms. The van der Waals surface area contributed by atoms with Crippen LogP contribution in [-0.4, -0.2) is 21.4 Å². The zero-order valence-corrected chi connectivity index (χ0v) is 9.73. The lowest BCUT2D eigenvalue weighted by atomic mass is 10.2. The van der Waals surface area contributed by atoms with Crippen molar-refractivity contribution < 1.29 is 4.79 Å². The second kappa shape index (κ2) is 5.80. The highest BCUT2D eigenvalue weighted by Gasteiger charge is 2.04. The monoisotopic (exact) mass is 259 g/mol. The molecule has 0 aliphatic carbocycles. The minimum absolute atomic E-state index is 0.0172. The normalized spacial score (nSPS) is 10.1. The number of aromatic nitrogens is 2. The predicted octanol–water partition coefficient (Wildman–Crippen LogP) is 2.09. The first-order valence-electron chi connectivity index (χ1n) is 4.66. The summed E-state index contributed by atoms with van der Waals surface area (Å²) >= 11 is 3.20. The molecule has 78 valence electrons. The van der Waals surface area contributed by atoms with E-state index < -0.39 is 0 Å². The fraction of sp³-hybridized carbons (Fsp3) is 0.556. The summed E-state index contributed by atoms with van der Waals surface area (Å²) in [5, 5.41) is 10.2. The molecule has 1 heterocycles. The van der Waals surface area contributed by atoms with E-state index in [4.69, 9.17) is 0 Å². The summed E-state index contributed by atoms with van der Waals surface area (Å²) in [5.74, 6) is 0.593. The number of H-pyrrole nitrogens is 1. The van der Waals surface area contributed by atoms with Crippen LogP contribution in [0.25, 0.3) is 0 Å². The van der Waals surface area contributed by atoms with Crippen LogP contribution in [0, 0.1) is 0 Å². The Morgan fingerprint density at radius 1 is 1.71 bits per heavy atom. The van der Waals surface area contributed by atoms with Crippen molar-refractivity contribution >= 4 is 27.7 Å². The molecule has 0 fully saturated rings. The molecule has 1 aromatic heterocycles. The van der Waals surface area contributed by atoms with Gasteiger partial charge in [0.05, 0.1) is 0 Å². The number of anilines is 1. The standard InChI is InChI=1S/C9H14BrN3O/c1-2-3-7-6-8(13-12-7)11-9(14)4-5-10/h6H,2-5H2,1H3,(H2,11,12,13,14). The topological polar surface area (TPSA) is 57.8 Å². The van der Waals surface area contributed by atoms with E-state index in [0.29, 0.717) is 17.6 Å². The summed E-state index contributed by atoms with van der Waals surface area (Å²) in [4.78, 5) is 11.2. The molecule has 4 nitrogen and oxygen atoms in total. The number of halogens is 1. The van der Waals surface area contributed by atoms with Gasteiger partial charge in [-0.1, -0.05) is 29.3 Å². The summed E-state index contributed by atoms with van der Waals surface area (Å²) in [7, 11) is 0. The van der Waals surface area contributed by atoms with Gasteiger partial charge in [-0.05, 0) is 6.42 Å². The lowest BCUT2D eigenvalue weighted by Crippen LogP contribution is -2.11. The number of aryl methyl sites for hydroxylation is 1. The Balaban J connectivity index is 2.46. The number of aromatic amines is 1. The zero-order valence-electron chi connectivity index (χ0n) is 8.14. The molecule has 5 heteroatoms. The molecule has 1 rings (SSSR count). The molecule has 14 heavy (non-hydrogen) atoms. The first-order valence-corrected chi connectivity index (χ1v) is 5.78. The van der Waals surface area contributed by atoms with Crippen molar-refractivity contribution in [1.29, 1.82) is 0 Å². The summed E-state index contributed by atoms with van der Waals surface area (Å²) < 4.78 is 0. The summed E-state index contributed by atoms with van der Waals surface area (Å²) in [5.41, 5.74) is 1.06. The van der Waals surface area contributed by atoms with E-state index in [2.05, 4.69) is 38.4 Å². The number of rotatable bonds is 5. The number of hydrogen-bond donors (Lipinski definition) is 2. The number of carbonyl (C=O) groups is 1. The average molecular weight is 260 g/mol. The van der Waals surface area contributed by atoms with Crippen LogP contribution in [0.5, 0.6) is 0 Å². The maximum Gasteiger partial charge on any atom is 0.226 e. The van der Waals surface area contributed by atoms with E-state index >= 15 is 0 Å². The predicted molar refractivity (Wildman–Crippen MR) is 59.6 cm³/mol. The largest absolute Gasteiger partial charge is 0.309 e. The maximum absolute atomic E-state index is 11.2. The Labute approximate surface area is 91.6 Å². The number of alkyl halides is 1. The summed E-state index contributed by atoms with van der Waals surface area (Å²) in [6.07, 6.45) is 2.49. The van der Waals surface area contributed by atoms with Gasteiger partial charge in [0, 0.05) is 23.5 Å². The van der Waals surface area contributed by atoms with Crippen LogP contribution < -0.4 is 5.32 Å². The molecule has 0 unspecified atom stereocenters. The Bertz CT molecular complexity index is 298. The molecule has 1 amide bonds. The lowest BCUT2D eigenvalue weighted by Gasteiger charge is -1.97. The quantitative estimate of drug-likeness (QED) is 0.796. The number of hydrogen-bond acceptors (Lipinski definition) is 2. The number of nitrogens with one attached hydrogen (secondary N) is 2. The second-order valence-corrected chi connectivity index (χ2v) is 3.81. The fourth-order valence-electron chi connectivity index (χ4n) is 1.11. The summed E-state index contributed by atoms with van der Waals surface area (Å²) in [6, 6.07) is 1.87. The molecule has 0 saturated carbocycles. The van der Waals surface area contributed by atoms with Crippen LogP contribution in [0.3, 0.4) is 0 Å². The molecule has 2 N–H and O–H groups in total. The van der Waals surface area contributed by atoms with Crippen LogP contribution in [0.2, 0.25) is 0 Å². The van der Waals surface area contributed by atoms with E-state index in [1.165, 1.54) is 0 Å². The molecule has 0 aliphatic rings. The van der Waals surface area contributed by atoms with Crippen molar-refractivity contribution in [2.45, 2.75) is 26.2 Å². The summed E-state index contributed by atoms with van der Waals surface area (Å²) in [6.45, 7) is 2.10. The molecule has 0 aliphatic heterocycles. The van der Waals surface area contributed by atoms with Gasteiger partial charge in [-0.25, -0.2) is 0 Å². The number of amides is 1. The molecule has 1 aromatic rings. The molecule has 0 aromatic carbocycles. The van der Waals surface area contributed by atoms with E-state index in [9.17, 15) is 4.79 Å². The highest BCUT2D eigenvalue weighted by atomic mass is 79.9. The van der Waals surface area contributed by atoms with Crippen molar-refractivity contribution in [2.75, 3.05) is 10.6 Å². The molecule has 0 atom stereocenters. The lowest BCUT2D eigenvalue weighted by molar-refractivity contribution is -0.115. The molecule has 0 radical (unpaired) electrons. The fourth-order valence-corrected chi connectivity index (χ4v) is 1.47. The smallest absolute Gasteiger partial charge is 0.226 e. The molecule has 0 saturated heterocycles. The maximum atomic E-state index is 11.2. The van der Waals surface area contributed by atoms with E-state index in [0.717, 1.165) is 18.5 Å². The second-order valence-electron chi connectivity index (χ2n) is 3.02. The van der Waals surface area contributed by atoms with Crippen molar-refractivity contribution in [1.82, 2.24) is 10.2 Å². The van der Waals surface area contributed by atoms with Crippen molar-refractivity contribution in [3.63, 3.8) is 0 Å². The van der Waals surface area contributed by atoms with Gasteiger partial charge in [0.15, 0.2) is 5.82 Å². The zero-order chi connectivity index (χ0) is 10.4.